The number of hydrogen-bond donors (Lipinski definition) is 1. The van der Waals surface area contributed by atoms with Crippen molar-refractivity contribution in [3.8, 4) is 0 Å². The number of fused-ring (bicyclic) bond motifs is 3. The third kappa shape index (κ3) is 2.85. The maximum absolute atomic E-state index is 3.53. The van der Waals surface area contributed by atoms with E-state index in [0.29, 0.717) is 0 Å². The van der Waals surface area contributed by atoms with Gasteiger partial charge in [-0.1, -0.05) is 32.0 Å². The molecule has 114 valence electrons. The first kappa shape index (κ1) is 14.6. The zero-order valence-corrected chi connectivity index (χ0v) is 13.4. The number of para-hydroxylation sites is 1. The van der Waals surface area contributed by atoms with Gasteiger partial charge in [-0.15, -0.1) is 0 Å². The summed E-state index contributed by atoms with van der Waals surface area (Å²) < 4.78 is 2.56. The van der Waals surface area contributed by atoms with Gasteiger partial charge in [0.05, 0.1) is 0 Å². The number of nitrogens with zero attached hydrogens (tertiary/aromatic N) is 2. The lowest BCUT2D eigenvalue weighted by atomic mass is 10.1. The van der Waals surface area contributed by atoms with E-state index in [9.17, 15) is 0 Å². The monoisotopic (exact) mass is 285 g/mol. The summed E-state index contributed by atoms with van der Waals surface area (Å²) >= 11 is 0. The summed E-state index contributed by atoms with van der Waals surface area (Å²) in [7, 11) is 0. The topological polar surface area (TPSA) is 20.2 Å². The Bertz CT molecular complexity index is 596. The van der Waals surface area contributed by atoms with E-state index in [1.54, 1.807) is 5.56 Å². The highest BCUT2D eigenvalue weighted by Gasteiger charge is 2.18. The molecule has 0 fully saturated rings. The molecule has 0 aliphatic carbocycles. The molecule has 0 atom stereocenters. The van der Waals surface area contributed by atoms with Crippen LogP contribution >= 0.6 is 0 Å². The van der Waals surface area contributed by atoms with Gasteiger partial charge in [-0.05, 0) is 50.7 Å². The first-order chi connectivity index (χ1) is 10.3. The molecular formula is C18H27N3. The van der Waals surface area contributed by atoms with Crippen LogP contribution in [0.5, 0.6) is 0 Å². The van der Waals surface area contributed by atoms with E-state index in [0.717, 1.165) is 32.7 Å². The second-order valence-electron chi connectivity index (χ2n) is 5.90. The Morgan fingerprint density at radius 2 is 2.00 bits per heavy atom. The van der Waals surface area contributed by atoms with Gasteiger partial charge < -0.3 is 14.8 Å². The minimum absolute atomic E-state index is 1.02. The molecule has 2 heterocycles. The molecule has 0 spiro atoms. The lowest BCUT2D eigenvalue weighted by Gasteiger charge is -2.20. The number of aryl methyl sites for hydroxylation is 1. The average molecular weight is 285 g/mol. The molecule has 1 N–H and O–H groups in total. The van der Waals surface area contributed by atoms with Crippen molar-refractivity contribution in [1.29, 1.82) is 0 Å². The van der Waals surface area contributed by atoms with Crippen LogP contribution in [0.25, 0.3) is 10.9 Å². The van der Waals surface area contributed by atoms with Crippen LogP contribution in [0.2, 0.25) is 0 Å². The predicted molar refractivity (Wildman–Crippen MR) is 89.8 cm³/mol. The van der Waals surface area contributed by atoms with E-state index >= 15 is 0 Å². The van der Waals surface area contributed by atoms with Gasteiger partial charge in [-0.2, -0.15) is 0 Å². The Kier molecular flexibility index (Phi) is 4.61. The summed E-state index contributed by atoms with van der Waals surface area (Å²) in [5.41, 5.74) is 4.51. The number of hydrogen-bond acceptors (Lipinski definition) is 2. The van der Waals surface area contributed by atoms with Crippen LogP contribution in [0.1, 0.15) is 31.5 Å². The molecular weight excluding hydrogens is 258 g/mol. The van der Waals surface area contributed by atoms with E-state index in [-0.39, 0.29) is 0 Å². The molecule has 1 aliphatic heterocycles. The van der Waals surface area contributed by atoms with Gasteiger partial charge >= 0.3 is 0 Å². The van der Waals surface area contributed by atoms with Gasteiger partial charge in [0.2, 0.25) is 0 Å². The van der Waals surface area contributed by atoms with Crippen molar-refractivity contribution in [2.24, 2.45) is 0 Å². The highest BCUT2D eigenvalue weighted by molar-refractivity contribution is 5.85. The summed E-state index contributed by atoms with van der Waals surface area (Å²) in [6.45, 7) is 11.3. The van der Waals surface area contributed by atoms with Crippen LogP contribution in [0.4, 0.5) is 0 Å². The number of rotatable bonds is 6. The molecule has 0 saturated carbocycles. The number of benzene rings is 1. The first-order valence-electron chi connectivity index (χ1n) is 8.37. The van der Waals surface area contributed by atoms with Gasteiger partial charge in [-0.3, -0.25) is 0 Å². The molecule has 0 bridgehead atoms. The van der Waals surface area contributed by atoms with Crippen LogP contribution < -0.4 is 5.32 Å². The molecule has 0 radical (unpaired) electrons. The summed E-state index contributed by atoms with van der Waals surface area (Å²) in [6.07, 6.45) is 2.39. The molecule has 3 nitrogen and oxygen atoms in total. The van der Waals surface area contributed by atoms with E-state index in [1.165, 1.54) is 36.0 Å². The summed E-state index contributed by atoms with van der Waals surface area (Å²) in [4.78, 5) is 2.51. The van der Waals surface area contributed by atoms with Gasteiger partial charge in [0, 0.05) is 29.7 Å². The SMILES string of the molecule is CCN(CC)CCCn1c2c(c3ccccc31)CCNC2. The zero-order valence-electron chi connectivity index (χ0n) is 13.4. The van der Waals surface area contributed by atoms with E-state index in [2.05, 4.69) is 52.9 Å². The predicted octanol–water partition coefficient (Wildman–Crippen LogP) is 3.02. The Hall–Kier alpha value is -1.32. The smallest absolute Gasteiger partial charge is 0.0485 e. The largest absolute Gasteiger partial charge is 0.343 e. The molecule has 1 aromatic heterocycles. The van der Waals surface area contributed by atoms with Crippen molar-refractivity contribution >= 4 is 10.9 Å². The first-order valence-corrected chi connectivity index (χ1v) is 8.37. The second kappa shape index (κ2) is 6.63. The minimum Gasteiger partial charge on any atom is -0.343 e. The van der Waals surface area contributed by atoms with Gasteiger partial charge in [0.1, 0.15) is 0 Å². The van der Waals surface area contributed by atoms with Crippen molar-refractivity contribution in [2.75, 3.05) is 26.2 Å². The molecule has 1 aromatic carbocycles. The molecule has 3 rings (SSSR count). The fourth-order valence-electron chi connectivity index (χ4n) is 3.58. The molecule has 21 heavy (non-hydrogen) atoms. The number of nitrogens with one attached hydrogen (secondary N) is 1. The van der Waals surface area contributed by atoms with Crippen LogP contribution in [-0.4, -0.2) is 35.6 Å². The van der Waals surface area contributed by atoms with Crippen LogP contribution in [0.3, 0.4) is 0 Å². The maximum atomic E-state index is 3.53. The van der Waals surface area contributed by atoms with Crippen molar-refractivity contribution in [1.82, 2.24) is 14.8 Å². The highest BCUT2D eigenvalue weighted by Crippen LogP contribution is 2.28. The standard InChI is InChI=1S/C18H27N3/c1-3-20(4-2)12-7-13-21-17-9-6-5-8-15(17)16-10-11-19-14-18(16)21/h5-6,8-9,19H,3-4,7,10-14H2,1-2H3. The summed E-state index contributed by atoms with van der Waals surface area (Å²) in [5.74, 6) is 0. The van der Waals surface area contributed by atoms with Crippen molar-refractivity contribution in [2.45, 2.75) is 39.8 Å². The van der Waals surface area contributed by atoms with Gasteiger partial charge in [-0.25, -0.2) is 0 Å². The molecule has 0 unspecified atom stereocenters. The Balaban J connectivity index is 1.84. The average Bonchev–Trinajstić information content (AvgIpc) is 2.86. The van der Waals surface area contributed by atoms with E-state index in [1.807, 2.05) is 0 Å². The van der Waals surface area contributed by atoms with E-state index in [4.69, 9.17) is 0 Å². The quantitative estimate of drug-likeness (QED) is 0.880. The highest BCUT2D eigenvalue weighted by atomic mass is 15.1. The fourth-order valence-corrected chi connectivity index (χ4v) is 3.58. The maximum Gasteiger partial charge on any atom is 0.0485 e. The number of aromatic nitrogens is 1. The molecule has 0 amide bonds. The third-order valence-corrected chi connectivity index (χ3v) is 4.79. The van der Waals surface area contributed by atoms with Crippen molar-refractivity contribution in [3.63, 3.8) is 0 Å². The van der Waals surface area contributed by atoms with Crippen molar-refractivity contribution in [3.05, 3.63) is 35.5 Å². The Labute approximate surface area is 127 Å². The Morgan fingerprint density at radius 1 is 1.19 bits per heavy atom. The van der Waals surface area contributed by atoms with Crippen LogP contribution in [-0.2, 0) is 19.5 Å². The normalized spacial score (nSPS) is 14.8. The van der Waals surface area contributed by atoms with Gasteiger partial charge in [0.25, 0.3) is 0 Å². The van der Waals surface area contributed by atoms with Gasteiger partial charge in [0.15, 0.2) is 0 Å². The van der Waals surface area contributed by atoms with Crippen LogP contribution in [0.15, 0.2) is 24.3 Å². The molecule has 3 heteroatoms. The Morgan fingerprint density at radius 3 is 2.81 bits per heavy atom. The lowest BCUT2D eigenvalue weighted by Crippen LogP contribution is -2.27. The lowest BCUT2D eigenvalue weighted by molar-refractivity contribution is 0.293. The third-order valence-electron chi connectivity index (χ3n) is 4.79. The minimum atomic E-state index is 1.02. The molecule has 2 aromatic rings. The zero-order chi connectivity index (χ0) is 14.7. The van der Waals surface area contributed by atoms with Crippen molar-refractivity contribution < 1.29 is 0 Å². The summed E-state index contributed by atoms with van der Waals surface area (Å²) in [6, 6.07) is 8.92. The second-order valence-corrected chi connectivity index (χ2v) is 5.90. The molecule has 0 saturated heterocycles. The van der Waals surface area contributed by atoms with E-state index < -0.39 is 0 Å². The fraction of sp³-hybridized carbons (Fsp3) is 0.556. The summed E-state index contributed by atoms with van der Waals surface area (Å²) in [5, 5.41) is 5.00. The van der Waals surface area contributed by atoms with Crippen LogP contribution in [0, 0.1) is 0 Å². The molecule has 1 aliphatic rings.